The molecule has 24 heavy (non-hydrogen) atoms. The van der Waals surface area contributed by atoms with Crippen molar-refractivity contribution < 1.29 is 4.79 Å². The largest absolute Gasteiger partial charge is 0.372 e. The Morgan fingerprint density at radius 2 is 1.79 bits per heavy atom. The first kappa shape index (κ1) is 17.8. The summed E-state index contributed by atoms with van der Waals surface area (Å²) in [5, 5.41) is 6.12. The Kier molecular flexibility index (Phi) is 6.61. The van der Waals surface area contributed by atoms with E-state index in [1.54, 1.807) is 18.3 Å². The molecule has 2 N–H and O–H groups in total. The molecule has 5 heteroatoms. The number of hydrogen-bond acceptors (Lipinski definition) is 4. The van der Waals surface area contributed by atoms with E-state index in [4.69, 9.17) is 0 Å². The van der Waals surface area contributed by atoms with E-state index >= 15 is 0 Å². The molecule has 1 aromatic heterocycles. The summed E-state index contributed by atoms with van der Waals surface area (Å²) in [5.41, 5.74) is 2.76. The minimum Gasteiger partial charge on any atom is -0.372 e. The van der Waals surface area contributed by atoms with Crippen LogP contribution >= 0.6 is 0 Å². The van der Waals surface area contributed by atoms with Gasteiger partial charge in [-0.05, 0) is 56.7 Å². The molecule has 0 fully saturated rings. The molecule has 0 aliphatic rings. The van der Waals surface area contributed by atoms with Gasteiger partial charge in [-0.15, -0.1) is 0 Å². The second kappa shape index (κ2) is 8.91. The van der Waals surface area contributed by atoms with Gasteiger partial charge < -0.3 is 15.5 Å². The highest BCUT2D eigenvalue weighted by Crippen LogP contribution is 2.20. The van der Waals surface area contributed by atoms with Crippen molar-refractivity contribution in [1.82, 2.24) is 10.3 Å². The molecule has 0 atom stereocenters. The molecule has 0 radical (unpaired) electrons. The van der Waals surface area contributed by atoms with E-state index in [1.807, 2.05) is 19.1 Å². The van der Waals surface area contributed by atoms with Gasteiger partial charge in [0.15, 0.2) is 0 Å². The van der Waals surface area contributed by atoms with Crippen LogP contribution in [-0.4, -0.2) is 30.5 Å². The van der Waals surface area contributed by atoms with Crippen LogP contribution < -0.4 is 15.5 Å². The molecule has 2 aromatic rings. The molecule has 1 aromatic carbocycles. The van der Waals surface area contributed by atoms with E-state index in [1.165, 1.54) is 5.69 Å². The van der Waals surface area contributed by atoms with Crippen LogP contribution in [0.4, 0.5) is 17.2 Å². The van der Waals surface area contributed by atoms with Crippen LogP contribution in [0.25, 0.3) is 0 Å². The maximum atomic E-state index is 12.0. The van der Waals surface area contributed by atoms with Gasteiger partial charge in [0.1, 0.15) is 5.82 Å². The second-order valence-electron chi connectivity index (χ2n) is 5.53. The fraction of sp³-hybridized carbons (Fsp3) is 0.368. The van der Waals surface area contributed by atoms with Crippen LogP contribution in [0.15, 0.2) is 42.6 Å². The number of carbonyl (C=O) groups excluding carboxylic acids is 1. The van der Waals surface area contributed by atoms with Crippen molar-refractivity contribution in [2.24, 2.45) is 0 Å². The molecule has 0 aliphatic heterocycles. The number of pyridine rings is 1. The van der Waals surface area contributed by atoms with Gasteiger partial charge in [-0.3, -0.25) is 4.79 Å². The average Bonchev–Trinajstić information content (AvgIpc) is 2.62. The van der Waals surface area contributed by atoms with Crippen molar-refractivity contribution in [2.75, 3.05) is 29.9 Å². The molecule has 0 aliphatic carbocycles. The standard InChI is InChI=1S/C19H26N4O/c1-4-12-21-19(24)15-11-13-20-18(14-15)22-16-7-9-17(10-8-16)23(5-2)6-3/h7-11,13-14H,4-6,12H2,1-3H3,(H,20,22)(H,21,24). The average molecular weight is 326 g/mol. The Morgan fingerprint density at radius 3 is 2.42 bits per heavy atom. The van der Waals surface area contributed by atoms with Crippen molar-refractivity contribution in [3.05, 3.63) is 48.2 Å². The summed E-state index contributed by atoms with van der Waals surface area (Å²) in [6, 6.07) is 11.7. The van der Waals surface area contributed by atoms with Gasteiger partial charge in [0, 0.05) is 42.8 Å². The molecule has 1 heterocycles. The second-order valence-corrected chi connectivity index (χ2v) is 5.53. The van der Waals surface area contributed by atoms with Gasteiger partial charge >= 0.3 is 0 Å². The SMILES string of the molecule is CCCNC(=O)c1ccnc(Nc2ccc(N(CC)CC)cc2)c1. The van der Waals surface area contributed by atoms with E-state index in [9.17, 15) is 4.79 Å². The number of amides is 1. The topological polar surface area (TPSA) is 57.3 Å². The summed E-state index contributed by atoms with van der Waals surface area (Å²) < 4.78 is 0. The Labute approximate surface area is 144 Å². The van der Waals surface area contributed by atoms with Crippen molar-refractivity contribution >= 4 is 23.1 Å². The van der Waals surface area contributed by atoms with Gasteiger partial charge in [-0.1, -0.05) is 6.92 Å². The van der Waals surface area contributed by atoms with Crippen LogP contribution in [0, 0.1) is 0 Å². The summed E-state index contributed by atoms with van der Waals surface area (Å²) in [6.45, 7) is 8.97. The normalized spacial score (nSPS) is 10.3. The zero-order valence-electron chi connectivity index (χ0n) is 14.7. The molecule has 5 nitrogen and oxygen atoms in total. The van der Waals surface area contributed by atoms with E-state index in [0.717, 1.165) is 25.2 Å². The fourth-order valence-electron chi connectivity index (χ4n) is 2.47. The summed E-state index contributed by atoms with van der Waals surface area (Å²) >= 11 is 0. The van der Waals surface area contributed by atoms with Crippen LogP contribution in [0.2, 0.25) is 0 Å². The minimum absolute atomic E-state index is 0.0702. The quantitative estimate of drug-likeness (QED) is 0.774. The van der Waals surface area contributed by atoms with Crippen LogP contribution in [0.3, 0.4) is 0 Å². The third-order valence-electron chi connectivity index (χ3n) is 3.83. The van der Waals surface area contributed by atoms with Crippen molar-refractivity contribution in [3.8, 4) is 0 Å². The van der Waals surface area contributed by atoms with Crippen molar-refractivity contribution in [1.29, 1.82) is 0 Å². The van der Waals surface area contributed by atoms with Gasteiger partial charge in [0.2, 0.25) is 0 Å². The number of benzene rings is 1. The predicted octanol–water partition coefficient (Wildman–Crippen LogP) is 3.81. The third kappa shape index (κ3) is 4.72. The van der Waals surface area contributed by atoms with Crippen LogP contribution in [0.5, 0.6) is 0 Å². The van der Waals surface area contributed by atoms with Gasteiger partial charge in [-0.25, -0.2) is 4.98 Å². The highest BCUT2D eigenvalue weighted by Gasteiger charge is 2.07. The molecule has 2 rings (SSSR count). The Balaban J connectivity index is 2.07. The first-order chi connectivity index (χ1) is 11.7. The number of nitrogens with zero attached hydrogens (tertiary/aromatic N) is 2. The zero-order chi connectivity index (χ0) is 17.4. The number of nitrogens with one attached hydrogen (secondary N) is 2. The molecular formula is C19H26N4O. The summed E-state index contributed by atoms with van der Waals surface area (Å²) in [5.74, 6) is 0.592. The number of aromatic nitrogens is 1. The maximum Gasteiger partial charge on any atom is 0.251 e. The van der Waals surface area contributed by atoms with E-state index < -0.39 is 0 Å². The smallest absolute Gasteiger partial charge is 0.251 e. The molecule has 0 unspecified atom stereocenters. The molecule has 128 valence electrons. The Bertz CT molecular complexity index is 651. The zero-order valence-corrected chi connectivity index (χ0v) is 14.7. The number of anilines is 3. The highest BCUT2D eigenvalue weighted by atomic mass is 16.1. The monoisotopic (exact) mass is 326 g/mol. The van der Waals surface area contributed by atoms with Gasteiger partial charge in [0.05, 0.1) is 0 Å². The third-order valence-corrected chi connectivity index (χ3v) is 3.83. The first-order valence-electron chi connectivity index (χ1n) is 8.54. The lowest BCUT2D eigenvalue weighted by Gasteiger charge is -2.21. The van der Waals surface area contributed by atoms with Gasteiger partial charge in [0.25, 0.3) is 5.91 Å². The maximum absolute atomic E-state index is 12.0. The fourth-order valence-corrected chi connectivity index (χ4v) is 2.47. The molecule has 0 saturated heterocycles. The van der Waals surface area contributed by atoms with Crippen molar-refractivity contribution in [3.63, 3.8) is 0 Å². The lowest BCUT2D eigenvalue weighted by Crippen LogP contribution is -2.24. The predicted molar refractivity (Wildman–Crippen MR) is 100 cm³/mol. The van der Waals surface area contributed by atoms with Crippen molar-refractivity contribution in [2.45, 2.75) is 27.2 Å². The molecule has 0 saturated carbocycles. The molecule has 1 amide bonds. The van der Waals surface area contributed by atoms with E-state index in [2.05, 4.69) is 46.5 Å². The summed E-state index contributed by atoms with van der Waals surface area (Å²) in [6.07, 6.45) is 2.56. The number of rotatable bonds is 8. The minimum atomic E-state index is -0.0702. The molecule has 0 spiro atoms. The highest BCUT2D eigenvalue weighted by molar-refractivity contribution is 5.94. The molecular weight excluding hydrogens is 300 g/mol. The number of hydrogen-bond donors (Lipinski definition) is 2. The lowest BCUT2D eigenvalue weighted by molar-refractivity contribution is 0.0953. The summed E-state index contributed by atoms with van der Waals surface area (Å²) in [7, 11) is 0. The van der Waals surface area contributed by atoms with E-state index in [0.29, 0.717) is 17.9 Å². The van der Waals surface area contributed by atoms with Crippen LogP contribution in [0.1, 0.15) is 37.6 Å². The van der Waals surface area contributed by atoms with Crippen LogP contribution in [-0.2, 0) is 0 Å². The molecule has 0 bridgehead atoms. The van der Waals surface area contributed by atoms with E-state index in [-0.39, 0.29) is 5.91 Å². The summed E-state index contributed by atoms with van der Waals surface area (Å²) in [4.78, 5) is 18.6. The number of carbonyl (C=O) groups is 1. The Hall–Kier alpha value is -2.56. The Morgan fingerprint density at radius 1 is 1.08 bits per heavy atom. The lowest BCUT2D eigenvalue weighted by atomic mass is 10.2. The van der Waals surface area contributed by atoms with Gasteiger partial charge in [-0.2, -0.15) is 0 Å². The first-order valence-corrected chi connectivity index (χ1v) is 8.54.